The van der Waals surface area contributed by atoms with Gasteiger partial charge in [-0.05, 0) is 69.0 Å². The number of amides is 1. The Morgan fingerprint density at radius 3 is 2.53 bits per heavy atom. The summed E-state index contributed by atoms with van der Waals surface area (Å²) in [6.07, 6.45) is 6.52. The van der Waals surface area contributed by atoms with Crippen LogP contribution < -0.4 is 0 Å². The molecule has 2 heterocycles. The van der Waals surface area contributed by atoms with Gasteiger partial charge in [0.2, 0.25) is 0 Å². The Morgan fingerprint density at radius 2 is 1.83 bits per heavy atom. The molecule has 2 aromatic heterocycles. The molecule has 0 aliphatic heterocycles. The number of aromatic nitrogens is 4. The first kappa shape index (κ1) is 25.8. The van der Waals surface area contributed by atoms with Gasteiger partial charge in [-0.1, -0.05) is 43.5 Å². The molecule has 0 atom stereocenters. The van der Waals surface area contributed by atoms with Crippen LogP contribution >= 0.6 is 11.6 Å². The fourth-order valence-corrected chi connectivity index (χ4v) is 4.71. The molecule has 0 aliphatic carbocycles. The van der Waals surface area contributed by atoms with Gasteiger partial charge in [-0.2, -0.15) is 5.10 Å². The van der Waals surface area contributed by atoms with E-state index in [1.54, 1.807) is 24.1 Å². The Morgan fingerprint density at radius 1 is 1.03 bits per heavy atom. The molecule has 4 aromatic rings. The molecule has 0 N–H and O–H groups in total. The van der Waals surface area contributed by atoms with Crippen LogP contribution in [0.3, 0.4) is 0 Å². The van der Waals surface area contributed by atoms with Gasteiger partial charge in [0.25, 0.3) is 5.91 Å². The highest BCUT2D eigenvalue weighted by Gasteiger charge is 2.21. The third kappa shape index (κ3) is 5.44. The van der Waals surface area contributed by atoms with Crippen LogP contribution in [-0.2, 0) is 19.5 Å². The van der Waals surface area contributed by atoms with Gasteiger partial charge in [-0.25, -0.2) is 9.97 Å². The molecule has 0 saturated carbocycles. The molecule has 6 nitrogen and oxygen atoms in total. The molecular formula is C29H34ClN5O. The summed E-state index contributed by atoms with van der Waals surface area (Å²) in [5.41, 5.74) is 6.59. The first-order valence-corrected chi connectivity index (χ1v) is 13.0. The zero-order valence-corrected chi connectivity index (χ0v) is 22.6. The van der Waals surface area contributed by atoms with E-state index < -0.39 is 0 Å². The lowest BCUT2D eigenvalue weighted by Crippen LogP contribution is -2.27. The first-order valence-electron chi connectivity index (χ1n) is 12.7. The number of fused-ring (bicyclic) bond motifs is 1. The number of aryl methyl sites for hydroxylation is 3. The van der Waals surface area contributed by atoms with Crippen LogP contribution in [0.4, 0.5) is 0 Å². The summed E-state index contributed by atoms with van der Waals surface area (Å²) in [5.74, 6) is 0.363. The first-order chi connectivity index (χ1) is 17.3. The third-order valence-corrected chi connectivity index (χ3v) is 7.00. The lowest BCUT2D eigenvalue weighted by Gasteiger charge is -2.18. The van der Waals surface area contributed by atoms with E-state index in [1.165, 1.54) is 30.4 Å². The summed E-state index contributed by atoms with van der Waals surface area (Å²) in [4.78, 5) is 24.9. The quantitative estimate of drug-likeness (QED) is 0.236. The van der Waals surface area contributed by atoms with Crippen LogP contribution in [0, 0.1) is 13.8 Å². The summed E-state index contributed by atoms with van der Waals surface area (Å²) in [6, 6.07) is 11.8. The minimum Gasteiger partial charge on any atom is -0.336 e. The van der Waals surface area contributed by atoms with Gasteiger partial charge in [-0.3, -0.25) is 9.48 Å². The zero-order chi connectivity index (χ0) is 25.8. The van der Waals surface area contributed by atoms with E-state index in [-0.39, 0.29) is 5.91 Å². The molecule has 0 saturated heterocycles. The second kappa shape index (κ2) is 11.2. The number of hydrogen-bond acceptors (Lipinski definition) is 4. The number of nitrogens with zero attached hydrogens (tertiary/aromatic N) is 5. The highest BCUT2D eigenvalue weighted by atomic mass is 35.5. The average molecular weight is 504 g/mol. The number of halogens is 1. The van der Waals surface area contributed by atoms with Gasteiger partial charge in [0, 0.05) is 47.4 Å². The van der Waals surface area contributed by atoms with Gasteiger partial charge in [0.05, 0.1) is 11.7 Å². The Bertz CT molecular complexity index is 1390. The van der Waals surface area contributed by atoms with E-state index in [2.05, 4.69) is 44.1 Å². The Hall–Kier alpha value is -3.25. The van der Waals surface area contributed by atoms with Crippen molar-refractivity contribution in [2.75, 3.05) is 7.05 Å². The van der Waals surface area contributed by atoms with Crippen molar-refractivity contribution in [3.63, 3.8) is 0 Å². The molecule has 0 spiro atoms. The molecular weight excluding hydrogens is 470 g/mol. The van der Waals surface area contributed by atoms with Crippen molar-refractivity contribution in [3.05, 3.63) is 75.7 Å². The number of unbranched alkanes of at least 4 members (excludes halogenated alkanes) is 2. The fourth-order valence-electron chi connectivity index (χ4n) is 4.54. The molecule has 36 heavy (non-hydrogen) atoms. The Labute approximate surface area is 218 Å². The predicted molar refractivity (Wildman–Crippen MR) is 146 cm³/mol. The smallest absolute Gasteiger partial charge is 0.273 e. The van der Waals surface area contributed by atoms with Gasteiger partial charge < -0.3 is 4.90 Å². The Balaban J connectivity index is 1.71. The highest BCUT2D eigenvalue weighted by molar-refractivity contribution is 6.31. The molecule has 0 bridgehead atoms. The molecule has 7 heteroatoms. The molecule has 0 fully saturated rings. The molecule has 4 rings (SSSR count). The third-order valence-electron chi connectivity index (χ3n) is 6.77. The van der Waals surface area contributed by atoms with Crippen molar-refractivity contribution >= 4 is 28.4 Å². The molecule has 2 aromatic carbocycles. The standard InChI is InChI=1S/C29H34ClN5O/c1-6-8-9-10-21-11-12-22(15-19(21)3)28-32-26-14-13-24(30)16-25(26)27(33-28)29(36)34(5)18-23-17-31-35(7-2)20(23)4/h11-17H,6-10,18H2,1-5H3. The van der Waals surface area contributed by atoms with Crippen LogP contribution in [0.15, 0.2) is 42.6 Å². The summed E-state index contributed by atoms with van der Waals surface area (Å²) in [6.45, 7) is 9.66. The van der Waals surface area contributed by atoms with Gasteiger partial charge in [0.1, 0.15) is 5.69 Å². The number of hydrogen-bond donors (Lipinski definition) is 0. The fraction of sp³-hybridized carbons (Fsp3) is 0.379. The van der Waals surface area contributed by atoms with Crippen molar-refractivity contribution in [1.82, 2.24) is 24.6 Å². The van der Waals surface area contributed by atoms with Gasteiger partial charge in [-0.15, -0.1) is 0 Å². The normalized spacial score (nSPS) is 11.3. The molecule has 0 unspecified atom stereocenters. The lowest BCUT2D eigenvalue weighted by atomic mass is 9.99. The second-order valence-electron chi connectivity index (χ2n) is 9.39. The molecule has 0 radical (unpaired) electrons. The molecule has 188 valence electrons. The van der Waals surface area contributed by atoms with Gasteiger partial charge >= 0.3 is 0 Å². The maximum Gasteiger partial charge on any atom is 0.273 e. The summed E-state index contributed by atoms with van der Waals surface area (Å²) in [7, 11) is 1.79. The summed E-state index contributed by atoms with van der Waals surface area (Å²) >= 11 is 6.30. The largest absolute Gasteiger partial charge is 0.336 e. The zero-order valence-electron chi connectivity index (χ0n) is 21.8. The monoisotopic (exact) mass is 503 g/mol. The number of benzene rings is 2. The molecule has 1 amide bonds. The van der Waals surface area contributed by atoms with Crippen LogP contribution in [-0.4, -0.2) is 37.6 Å². The second-order valence-corrected chi connectivity index (χ2v) is 9.82. The number of carbonyl (C=O) groups is 1. The van der Waals surface area contributed by atoms with Crippen LogP contribution in [0.1, 0.15) is 66.0 Å². The maximum atomic E-state index is 13.7. The van der Waals surface area contributed by atoms with Crippen LogP contribution in [0.2, 0.25) is 5.02 Å². The van der Waals surface area contributed by atoms with Crippen molar-refractivity contribution in [2.45, 2.75) is 66.5 Å². The van der Waals surface area contributed by atoms with E-state index in [0.717, 1.165) is 29.8 Å². The van der Waals surface area contributed by atoms with Crippen molar-refractivity contribution in [2.24, 2.45) is 0 Å². The SMILES string of the molecule is CCCCCc1ccc(-c2nc(C(=O)N(C)Cc3cnn(CC)c3C)c3cc(Cl)ccc3n2)cc1C. The highest BCUT2D eigenvalue weighted by Crippen LogP contribution is 2.27. The maximum absolute atomic E-state index is 13.7. The Kier molecular flexibility index (Phi) is 8.04. The van der Waals surface area contributed by atoms with E-state index in [9.17, 15) is 4.79 Å². The van der Waals surface area contributed by atoms with E-state index in [1.807, 2.05) is 23.9 Å². The lowest BCUT2D eigenvalue weighted by molar-refractivity contribution is 0.0781. The average Bonchev–Trinajstić information content (AvgIpc) is 3.22. The molecule has 0 aliphatic rings. The van der Waals surface area contributed by atoms with Gasteiger partial charge in [0.15, 0.2) is 5.82 Å². The topological polar surface area (TPSA) is 63.9 Å². The van der Waals surface area contributed by atoms with Crippen LogP contribution in [0.25, 0.3) is 22.3 Å². The number of rotatable bonds is 9. The number of carbonyl (C=O) groups excluding carboxylic acids is 1. The van der Waals surface area contributed by atoms with Crippen molar-refractivity contribution < 1.29 is 4.79 Å². The van der Waals surface area contributed by atoms with Crippen molar-refractivity contribution in [3.8, 4) is 11.4 Å². The minimum atomic E-state index is -0.178. The summed E-state index contributed by atoms with van der Waals surface area (Å²) in [5, 5.41) is 5.60. The van der Waals surface area contributed by atoms with E-state index in [0.29, 0.717) is 34.0 Å². The summed E-state index contributed by atoms with van der Waals surface area (Å²) < 4.78 is 1.93. The predicted octanol–water partition coefficient (Wildman–Crippen LogP) is 6.79. The minimum absolute atomic E-state index is 0.178. The van der Waals surface area contributed by atoms with Crippen molar-refractivity contribution in [1.29, 1.82) is 0 Å². The van der Waals surface area contributed by atoms with E-state index >= 15 is 0 Å². The van der Waals surface area contributed by atoms with Crippen LogP contribution in [0.5, 0.6) is 0 Å². The van der Waals surface area contributed by atoms with E-state index in [4.69, 9.17) is 21.6 Å².